The molecule has 1 unspecified atom stereocenters. The second kappa shape index (κ2) is 5.43. The fourth-order valence-corrected chi connectivity index (χ4v) is 2.37. The van der Waals surface area contributed by atoms with E-state index >= 15 is 0 Å². The van der Waals surface area contributed by atoms with Gasteiger partial charge in [-0.25, -0.2) is 0 Å². The fraction of sp³-hybridized carbons (Fsp3) is 0.250. The van der Waals surface area contributed by atoms with Crippen LogP contribution in [0.1, 0.15) is 30.5 Å². The second-order valence-corrected chi connectivity index (χ2v) is 4.97. The topological polar surface area (TPSA) is 56.7 Å². The van der Waals surface area contributed by atoms with Crippen molar-refractivity contribution in [2.45, 2.75) is 25.9 Å². The van der Waals surface area contributed by atoms with Gasteiger partial charge in [0.2, 0.25) is 0 Å². The number of hydrogen-bond donors (Lipinski definition) is 1. The Hall–Kier alpha value is -2.20. The maximum Gasteiger partial charge on any atom is 0.0702 e. The van der Waals surface area contributed by atoms with Gasteiger partial charge >= 0.3 is 0 Å². The number of rotatable bonds is 4. The van der Waals surface area contributed by atoms with E-state index < -0.39 is 0 Å². The van der Waals surface area contributed by atoms with Gasteiger partial charge in [-0.3, -0.25) is 9.67 Å². The van der Waals surface area contributed by atoms with Crippen molar-refractivity contribution in [3.8, 4) is 0 Å². The van der Waals surface area contributed by atoms with Crippen molar-refractivity contribution < 1.29 is 0 Å². The number of nitrogens with zero attached hydrogens (tertiary/aromatic N) is 3. The van der Waals surface area contributed by atoms with Crippen LogP contribution in [0.15, 0.2) is 48.9 Å². The van der Waals surface area contributed by atoms with Crippen molar-refractivity contribution >= 4 is 10.9 Å². The van der Waals surface area contributed by atoms with E-state index in [4.69, 9.17) is 5.73 Å². The standard InChI is InChI=1S/C16H18N4/c1-2-8-20-11-14(10-19-20)16(17)13-5-6-15-12(9-13)4-3-7-18-15/h3-7,9-11,16H,2,8,17H2,1H3. The molecule has 3 rings (SSSR count). The molecule has 4 heteroatoms. The van der Waals surface area contributed by atoms with Gasteiger partial charge in [0.05, 0.1) is 17.8 Å². The Bertz CT molecular complexity index is 717. The van der Waals surface area contributed by atoms with E-state index in [1.54, 1.807) is 6.20 Å². The minimum Gasteiger partial charge on any atom is -0.320 e. The molecule has 0 amide bonds. The average Bonchev–Trinajstić information content (AvgIpc) is 2.95. The monoisotopic (exact) mass is 266 g/mol. The van der Waals surface area contributed by atoms with Gasteiger partial charge in [-0.15, -0.1) is 0 Å². The molecule has 3 aromatic rings. The Balaban J connectivity index is 1.92. The molecule has 0 aliphatic heterocycles. The molecule has 0 radical (unpaired) electrons. The Morgan fingerprint density at radius 2 is 2.15 bits per heavy atom. The van der Waals surface area contributed by atoms with Crippen LogP contribution in [-0.4, -0.2) is 14.8 Å². The minimum absolute atomic E-state index is 0.148. The molecule has 1 atom stereocenters. The first-order chi connectivity index (χ1) is 9.78. The molecule has 2 heterocycles. The molecule has 0 bridgehead atoms. The lowest BCUT2D eigenvalue weighted by Crippen LogP contribution is -2.11. The van der Waals surface area contributed by atoms with Crippen LogP contribution in [0.2, 0.25) is 0 Å². The van der Waals surface area contributed by atoms with Gasteiger partial charge in [-0.05, 0) is 30.2 Å². The van der Waals surface area contributed by atoms with Crippen molar-refractivity contribution in [2.75, 3.05) is 0 Å². The Morgan fingerprint density at radius 1 is 1.25 bits per heavy atom. The van der Waals surface area contributed by atoms with Crippen LogP contribution < -0.4 is 5.73 Å². The highest BCUT2D eigenvalue weighted by molar-refractivity contribution is 5.79. The zero-order valence-electron chi connectivity index (χ0n) is 11.5. The lowest BCUT2D eigenvalue weighted by Gasteiger charge is -2.10. The Labute approximate surface area is 118 Å². The first-order valence-electron chi connectivity index (χ1n) is 6.90. The molecule has 0 aliphatic rings. The van der Waals surface area contributed by atoms with Crippen LogP contribution in [0, 0.1) is 0 Å². The summed E-state index contributed by atoms with van der Waals surface area (Å²) in [5.74, 6) is 0. The van der Waals surface area contributed by atoms with E-state index in [-0.39, 0.29) is 6.04 Å². The first-order valence-corrected chi connectivity index (χ1v) is 6.90. The molecule has 2 aromatic heterocycles. The SMILES string of the molecule is CCCn1cc(C(N)c2ccc3ncccc3c2)cn1. The normalized spacial score (nSPS) is 12.7. The zero-order chi connectivity index (χ0) is 13.9. The molecule has 2 N–H and O–H groups in total. The summed E-state index contributed by atoms with van der Waals surface area (Å²) in [6, 6.07) is 10.0. The molecule has 0 aliphatic carbocycles. The number of hydrogen-bond acceptors (Lipinski definition) is 3. The fourth-order valence-electron chi connectivity index (χ4n) is 2.37. The number of aryl methyl sites for hydroxylation is 1. The van der Waals surface area contributed by atoms with E-state index in [1.165, 1.54) is 0 Å². The zero-order valence-corrected chi connectivity index (χ0v) is 11.5. The van der Waals surface area contributed by atoms with Crippen LogP contribution in [0.25, 0.3) is 10.9 Å². The van der Waals surface area contributed by atoms with Crippen LogP contribution >= 0.6 is 0 Å². The van der Waals surface area contributed by atoms with Crippen molar-refractivity contribution in [1.29, 1.82) is 0 Å². The predicted molar refractivity (Wildman–Crippen MR) is 80.3 cm³/mol. The van der Waals surface area contributed by atoms with E-state index in [0.29, 0.717) is 0 Å². The summed E-state index contributed by atoms with van der Waals surface area (Å²) >= 11 is 0. The van der Waals surface area contributed by atoms with Gasteiger partial charge in [-0.1, -0.05) is 19.1 Å². The molecule has 4 nitrogen and oxygen atoms in total. The van der Waals surface area contributed by atoms with Crippen molar-refractivity contribution in [2.24, 2.45) is 5.73 Å². The van der Waals surface area contributed by atoms with Gasteiger partial charge in [0.15, 0.2) is 0 Å². The molecule has 0 fully saturated rings. The number of pyridine rings is 1. The number of nitrogens with two attached hydrogens (primary N) is 1. The highest BCUT2D eigenvalue weighted by atomic mass is 15.3. The largest absolute Gasteiger partial charge is 0.320 e. The van der Waals surface area contributed by atoms with E-state index in [2.05, 4.69) is 29.1 Å². The quantitative estimate of drug-likeness (QED) is 0.790. The summed E-state index contributed by atoms with van der Waals surface area (Å²) in [6.07, 6.45) is 6.75. The molecule has 1 aromatic carbocycles. The minimum atomic E-state index is -0.148. The predicted octanol–water partition coefficient (Wildman–Crippen LogP) is 2.89. The van der Waals surface area contributed by atoms with Crippen LogP contribution in [0.4, 0.5) is 0 Å². The van der Waals surface area contributed by atoms with E-state index in [0.717, 1.165) is 35.0 Å². The lowest BCUT2D eigenvalue weighted by molar-refractivity contribution is 0.602. The average molecular weight is 266 g/mol. The van der Waals surface area contributed by atoms with Gasteiger partial charge in [0.1, 0.15) is 0 Å². The number of fused-ring (bicyclic) bond motifs is 1. The molecular weight excluding hydrogens is 248 g/mol. The van der Waals surface area contributed by atoms with Crippen LogP contribution in [-0.2, 0) is 6.54 Å². The maximum absolute atomic E-state index is 6.34. The summed E-state index contributed by atoms with van der Waals surface area (Å²) in [5, 5.41) is 5.45. The highest BCUT2D eigenvalue weighted by Gasteiger charge is 2.11. The third-order valence-electron chi connectivity index (χ3n) is 3.45. The van der Waals surface area contributed by atoms with Crippen LogP contribution in [0.3, 0.4) is 0 Å². The third-order valence-corrected chi connectivity index (χ3v) is 3.45. The van der Waals surface area contributed by atoms with E-state index in [9.17, 15) is 0 Å². The maximum atomic E-state index is 6.34. The Morgan fingerprint density at radius 3 is 3.00 bits per heavy atom. The summed E-state index contributed by atoms with van der Waals surface area (Å²) in [5.41, 5.74) is 9.46. The third kappa shape index (κ3) is 2.42. The summed E-state index contributed by atoms with van der Waals surface area (Å²) in [4.78, 5) is 4.33. The van der Waals surface area contributed by atoms with Crippen LogP contribution in [0.5, 0.6) is 0 Å². The van der Waals surface area contributed by atoms with Gasteiger partial charge in [-0.2, -0.15) is 5.10 Å². The summed E-state index contributed by atoms with van der Waals surface area (Å²) in [7, 11) is 0. The first kappa shape index (κ1) is 12.8. The molecule has 0 saturated carbocycles. The van der Waals surface area contributed by atoms with Gasteiger partial charge in [0, 0.05) is 29.9 Å². The summed E-state index contributed by atoms with van der Waals surface area (Å²) < 4.78 is 1.94. The van der Waals surface area contributed by atoms with Gasteiger partial charge < -0.3 is 5.73 Å². The molecule has 20 heavy (non-hydrogen) atoms. The van der Waals surface area contributed by atoms with Gasteiger partial charge in [0.25, 0.3) is 0 Å². The smallest absolute Gasteiger partial charge is 0.0702 e. The second-order valence-electron chi connectivity index (χ2n) is 4.97. The number of aromatic nitrogens is 3. The summed E-state index contributed by atoms with van der Waals surface area (Å²) in [6.45, 7) is 3.06. The number of benzene rings is 1. The highest BCUT2D eigenvalue weighted by Crippen LogP contribution is 2.22. The molecule has 0 spiro atoms. The lowest BCUT2D eigenvalue weighted by atomic mass is 10.0. The molecule has 102 valence electrons. The molecule has 0 saturated heterocycles. The molecular formula is C16H18N4. The van der Waals surface area contributed by atoms with Crippen molar-refractivity contribution in [3.63, 3.8) is 0 Å². The Kier molecular flexibility index (Phi) is 3.48. The van der Waals surface area contributed by atoms with E-state index in [1.807, 2.05) is 35.3 Å². The van der Waals surface area contributed by atoms with Crippen molar-refractivity contribution in [1.82, 2.24) is 14.8 Å². The van der Waals surface area contributed by atoms with Crippen molar-refractivity contribution in [3.05, 3.63) is 60.0 Å².